The van der Waals surface area contributed by atoms with E-state index >= 15 is 0 Å². The van der Waals surface area contributed by atoms with Gasteiger partial charge in [0.25, 0.3) is 0 Å². The van der Waals surface area contributed by atoms with Crippen LogP contribution in [0.4, 0.5) is 4.39 Å². The second-order valence-electron chi connectivity index (χ2n) is 6.92. The van der Waals surface area contributed by atoms with Crippen LogP contribution in [0.2, 0.25) is 0 Å². The lowest BCUT2D eigenvalue weighted by Gasteiger charge is -2.15. The van der Waals surface area contributed by atoms with Crippen molar-refractivity contribution >= 4 is 5.57 Å². The van der Waals surface area contributed by atoms with Gasteiger partial charge in [0.1, 0.15) is 5.82 Å². The van der Waals surface area contributed by atoms with Gasteiger partial charge in [-0.05, 0) is 58.6 Å². The standard InChI is InChI=1S/C22H24FN/c1-16-14-22(16,2)21-9-4-3-6-18(21)7-5-8-19(15-24)17-10-12-20(23)13-11-17/h3-6,8-13,15-16H,7,14,24H2,1-2H3/b8-5-,19-15+. The third-order valence-corrected chi connectivity index (χ3v) is 5.28. The van der Waals surface area contributed by atoms with Crippen LogP contribution < -0.4 is 5.73 Å². The summed E-state index contributed by atoms with van der Waals surface area (Å²) in [7, 11) is 0. The number of rotatable bonds is 5. The van der Waals surface area contributed by atoms with E-state index in [0.29, 0.717) is 5.41 Å². The van der Waals surface area contributed by atoms with E-state index in [1.54, 1.807) is 18.3 Å². The van der Waals surface area contributed by atoms with E-state index in [1.165, 1.54) is 29.7 Å². The molecule has 1 saturated carbocycles. The number of benzene rings is 2. The van der Waals surface area contributed by atoms with Crippen molar-refractivity contribution in [3.05, 3.63) is 89.4 Å². The van der Waals surface area contributed by atoms with Crippen LogP contribution in [0.3, 0.4) is 0 Å². The highest BCUT2D eigenvalue weighted by Gasteiger charge is 2.48. The van der Waals surface area contributed by atoms with E-state index < -0.39 is 0 Å². The fraction of sp³-hybridized carbons (Fsp3) is 0.273. The van der Waals surface area contributed by atoms with Gasteiger partial charge in [-0.3, -0.25) is 0 Å². The molecule has 0 amide bonds. The summed E-state index contributed by atoms with van der Waals surface area (Å²) in [5, 5.41) is 0. The summed E-state index contributed by atoms with van der Waals surface area (Å²) in [6.07, 6.45) is 7.86. The minimum Gasteiger partial charge on any atom is -0.404 e. The number of hydrogen-bond donors (Lipinski definition) is 1. The van der Waals surface area contributed by atoms with E-state index in [2.05, 4.69) is 44.2 Å². The second kappa shape index (κ2) is 6.64. The van der Waals surface area contributed by atoms with Gasteiger partial charge in [0.05, 0.1) is 0 Å². The molecule has 1 fully saturated rings. The van der Waals surface area contributed by atoms with Crippen LogP contribution in [0.25, 0.3) is 5.57 Å². The van der Waals surface area contributed by atoms with Crippen LogP contribution in [-0.4, -0.2) is 0 Å². The molecule has 0 spiro atoms. The average molecular weight is 321 g/mol. The van der Waals surface area contributed by atoms with Gasteiger partial charge in [0, 0.05) is 6.20 Å². The Kier molecular flexibility index (Phi) is 4.57. The first-order valence-corrected chi connectivity index (χ1v) is 8.47. The van der Waals surface area contributed by atoms with Crippen molar-refractivity contribution in [1.29, 1.82) is 0 Å². The maximum Gasteiger partial charge on any atom is 0.123 e. The summed E-state index contributed by atoms with van der Waals surface area (Å²) < 4.78 is 13.1. The summed E-state index contributed by atoms with van der Waals surface area (Å²) >= 11 is 0. The molecule has 0 aromatic heterocycles. The third kappa shape index (κ3) is 3.28. The maximum atomic E-state index is 13.1. The molecule has 2 heteroatoms. The highest BCUT2D eigenvalue weighted by atomic mass is 19.1. The van der Waals surface area contributed by atoms with Crippen LogP contribution in [0.1, 0.15) is 37.0 Å². The molecule has 3 rings (SSSR count). The van der Waals surface area contributed by atoms with E-state index in [-0.39, 0.29) is 5.82 Å². The highest BCUT2D eigenvalue weighted by molar-refractivity contribution is 5.73. The molecule has 124 valence electrons. The summed E-state index contributed by atoms with van der Waals surface area (Å²) in [4.78, 5) is 0. The zero-order valence-corrected chi connectivity index (χ0v) is 14.3. The van der Waals surface area contributed by atoms with Crippen LogP contribution in [0.15, 0.2) is 66.9 Å². The van der Waals surface area contributed by atoms with Crippen molar-refractivity contribution in [2.75, 3.05) is 0 Å². The first-order chi connectivity index (χ1) is 11.5. The molecule has 0 saturated heterocycles. The molecule has 2 N–H and O–H groups in total. The lowest BCUT2D eigenvalue weighted by atomic mass is 9.89. The quantitative estimate of drug-likeness (QED) is 0.751. The van der Waals surface area contributed by atoms with Gasteiger partial charge in [0.15, 0.2) is 0 Å². The van der Waals surface area contributed by atoms with Gasteiger partial charge in [-0.15, -0.1) is 0 Å². The number of hydrogen-bond acceptors (Lipinski definition) is 1. The van der Waals surface area contributed by atoms with Crippen LogP contribution in [0, 0.1) is 11.7 Å². The zero-order chi connectivity index (χ0) is 17.2. The molecule has 24 heavy (non-hydrogen) atoms. The number of nitrogens with two attached hydrogens (primary N) is 1. The first-order valence-electron chi connectivity index (χ1n) is 8.47. The summed E-state index contributed by atoms with van der Waals surface area (Å²) in [5.41, 5.74) is 10.7. The Hall–Kier alpha value is -2.35. The average Bonchev–Trinajstić information content (AvgIpc) is 3.21. The van der Waals surface area contributed by atoms with E-state index in [0.717, 1.165) is 23.5 Å². The Morgan fingerprint density at radius 3 is 2.50 bits per heavy atom. The van der Waals surface area contributed by atoms with Crippen molar-refractivity contribution in [2.45, 2.75) is 32.1 Å². The molecule has 2 aromatic rings. The van der Waals surface area contributed by atoms with Gasteiger partial charge in [0.2, 0.25) is 0 Å². The summed E-state index contributed by atoms with van der Waals surface area (Å²) in [6.45, 7) is 4.67. The molecule has 1 aliphatic carbocycles. The smallest absolute Gasteiger partial charge is 0.123 e. The molecule has 2 atom stereocenters. The van der Waals surface area contributed by atoms with Crippen molar-refractivity contribution in [2.24, 2.45) is 11.7 Å². The van der Waals surface area contributed by atoms with Gasteiger partial charge >= 0.3 is 0 Å². The largest absolute Gasteiger partial charge is 0.404 e. The number of allylic oxidation sites excluding steroid dienone is 3. The first kappa shape index (κ1) is 16.5. The molecule has 2 aromatic carbocycles. The molecular formula is C22H24FN. The van der Waals surface area contributed by atoms with Crippen LogP contribution >= 0.6 is 0 Å². The Morgan fingerprint density at radius 2 is 1.88 bits per heavy atom. The fourth-order valence-corrected chi connectivity index (χ4v) is 3.41. The highest BCUT2D eigenvalue weighted by Crippen LogP contribution is 2.54. The molecular weight excluding hydrogens is 297 g/mol. The lowest BCUT2D eigenvalue weighted by molar-refractivity contribution is 0.627. The third-order valence-electron chi connectivity index (χ3n) is 5.28. The molecule has 0 radical (unpaired) electrons. The van der Waals surface area contributed by atoms with Crippen LogP contribution in [0.5, 0.6) is 0 Å². The van der Waals surface area contributed by atoms with Gasteiger partial charge in [-0.25, -0.2) is 4.39 Å². The fourth-order valence-electron chi connectivity index (χ4n) is 3.41. The minimum atomic E-state index is -0.236. The van der Waals surface area contributed by atoms with Gasteiger partial charge < -0.3 is 5.73 Å². The maximum absolute atomic E-state index is 13.1. The summed E-state index contributed by atoms with van der Waals surface area (Å²) in [6, 6.07) is 15.1. The Morgan fingerprint density at radius 1 is 1.21 bits per heavy atom. The summed E-state index contributed by atoms with van der Waals surface area (Å²) in [5.74, 6) is 0.515. The Bertz CT molecular complexity index is 773. The normalized spacial score (nSPS) is 23.6. The van der Waals surface area contributed by atoms with E-state index in [9.17, 15) is 4.39 Å². The van der Waals surface area contributed by atoms with E-state index in [4.69, 9.17) is 5.73 Å². The molecule has 1 aliphatic rings. The van der Waals surface area contributed by atoms with Crippen molar-refractivity contribution in [3.63, 3.8) is 0 Å². The molecule has 0 bridgehead atoms. The molecule has 0 aliphatic heterocycles. The minimum absolute atomic E-state index is 0.236. The van der Waals surface area contributed by atoms with Crippen molar-refractivity contribution in [3.8, 4) is 0 Å². The Balaban J connectivity index is 1.76. The van der Waals surface area contributed by atoms with Crippen molar-refractivity contribution < 1.29 is 4.39 Å². The topological polar surface area (TPSA) is 26.0 Å². The van der Waals surface area contributed by atoms with Gasteiger partial charge in [-0.2, -0.15) is 0 Å². The van der Waals surface area contributed by atoms with Gasteiger partial charge in [-0.1, -0.05) is 62.4 Å². The zero-order valence-electron chi connectivity index (χ0n) is 14.3. The van der Waals surface area contributed by atoms with Crippen molar-refractivity contribution in [1.82, 2.24) is 0 Å². The molecule has 2 unspecified atom stereocenters. The lowest BCUT2D eigenvalue weighted by Crippen LogP contribution is -2.06. The van der Waals surface area contributed by atoms with Crippen LogP contribution in [-0.2, 0) is 11.8 Å². The number of halogens is 1. The predicted molar refractivity (Wildman–Crippen MR) is 99.0 cm³/mol. The monoisotopic (exact) mass is 321 g/mol. The predicted octanol–water partition coefficient (Wildman–Crippen LogP) is 5.22. The Labute approximate surface area is 143 Å². The second-order valence-corrected chi connectivity index (χ2v) is 6.92. The SMILES string of the molecule is CC1CC1(C)c1ccccc1C/C=C\C(=C/N)c1ccc(F)cc1. The molecule has 0 heterocycles. The van der Waals surface area contributed by atoms with E-state index in [1.807, 2.05) is 6.08 Å². The molecule has 1 nitrogen and oxygen atoms in total.